The summed E-state index contributed by atoms with van der Waals surface area (Å²) in [5, 5.41) is 0. The second kappa shape index (κ2) is 4.07. The molecular formula is C10H16ClNO2. The fourth-order valence-electron chi connectivity index (χ4n) is 2.17. The Morgan fingerprint density at radius 1 is 1.50 bits per heavy atom. The molecule has 0 saturated carbocycles. The number of ether oxygens (including phenoxy) is 1. The Morgan fingerprint density at radius 3 is 2.57 bits per heavy atom. The molecule has 4 heteroatoms. The summed E-state index contributed by atoms with van der Waals surface area (Å²) in [5.74, 6) is 0.528. The van der Waals surface area contributed by atoms with E-state index >= 15 is 0 Å². The summed E-state index contributed by atoms with van der Waals surface area (Å²) < 4.78 is 5.66. The van der Waals surface area contributed by atoms with Gasteiger partial charge in [0.1, 0.15) is 0 Å². The van der Waals surface area contributed by atoms with E-state index in [1.165, 1.54) is 0 Å². The highest BCUT2D eigenvalue weighted by atomic mass is 35.5. The van der Waals surface area contributed by atoms with Gasteiger partial charge in [-0.25, -0.2) is 0 Å². The summed E-state index contributed by atoms with van der Waals surface area (Å²) in [6.07, 6.45) is 2.76. The van der Waals surface area contributed by atoms with Gasteiger partial charge < -0.3 is 9.64 Å². The van der Waals surface area contributed by atoms with Crippen LogP contribution in [0.3, 0.4) is 0 Å². The Morgan fingerprint density at radius 2 is 2.07 bits per heavy atom. The van der Waals surface area contributed by atoms with E-state index < -0.39 is 0 Å². The Kier molecular flexibility index (Phi) is 2.98. The number of alkyl halides is 1. The quantitative estimate of drug-likeness (QED) is 0.652. The van der Waals surface area contributed by atoms with Gasteiger partial charge in [-0.1, -0.05) is 6.92 Å². The topological polar surface area (TPSA) is 29.5 Å². The van der Waals surface area contributed by atoms with E-state index in [2.05, 4.69) is 0 Å². The number of halogens is 1. The summed E-state index contributed by atoms with van der Waals surface area (Å²) in [7, 11) is 0. The van der Waals surface area contributed by atoms with Crippen molar-refractivity contribution >= 4 is 17.5 Å². The van der Waals surface area contributed by atoms with Crippen LogP contribution in [0.15, 0.2) is 0 Å². The van der Waals surface area contributed by atoms with Crippen LogP contribution in [0.25, 0.3) is 0 Å². The largest absolute Gasteiger partial charge is 0.371 e. The fraction of sp³-hybridized carbons (Fsp3) is 0.900. The van der Waals surface area contributed by atoms with Crippen molar-refractivity contribution in [2.24, 2.45) is 5.92 Å². The Hall–Kier alpha value is -0.280. The number of carbonyl (C=O) groups excluding carboxylic acids is 1. The molecule has 2 fully saturated rings. The van der Waals surface area contributed by atoms with Crippen LogP contribution < -0.4 is 0 Å². The van der Waals surface area contributed by atoms with E-state index in [-0.39, 0.29) is 24.0 Å². The van der Waals surface area contributed by atoms with Crippen molar-refractivity contribution in [1.29, 1.82) is 0 Å². The van der Waals surface area contributed by atoms with Gasteiger partial charge in [-0.3, -0.25) is 4.79 Å². The molecule has 80 valence electrons. The SMILES string of the molecule is CC(CCl)C(=O)N1CC2CCC(C1)O2. The lowest BCUT2D eigenvalue weighted by molar-refractivity contribution is -0.142. The third-order valence-electron chi connectivity index (χ3n) is 3.01. The van der Waals surface area contributed by atoms with Gasteiger partial charge in [-0.15, -0.1) is 11.6 Å². The highest BCUT2D eigenvalue weighted by Crippen LogP contribution is 2.27. The smallest absolute Gasteiger partial charge is 0.226 e. The summed E-state index contributed by atoms with van der Waals surface area (Å²) in [6.45, 7) is 3.40. The standard InChI is InChI=1S/C10H16ClNO2/c1-7(4-11)10(13)12-5-8-2-3-9(6-12)14-8/h7-9H,2-6H2,1H3. The summed E-state index contributed by atoms with van der Waals surface area (Å²) >= 11 is 5.68. The van der Waals surface area contributed by atoms with Gasteiger partial charge in [0.25, 0.3) is 0 Å². The monoisotopic (exact) mass is 217 g/mol. The van der Waals surface area contributed by atoms with Crippen LogP contribution >= 0.6 is 11.6 Å². The summed E-state index contributed by atoms with van der Waals surface area (Å²) in [5.41, 5.74) is 0. The first-order valence-electron chi connectivity index (χ1n) is 5.21. The lowest BCUT2D eigenvalue weighted by Crippen LogP contribution is -2.47. The van der Waals surface area contributed by atoms with E-state index in [9.17, 15) is 4.79 Å². The molecule has 14 heavy (non-hydrogen) atoms. The number of rotatable bonds is 2. The molecule has 0 spiro atoms. The number of amides is 1. The van der Waals surface area contributed by atoms with Crippen molar-refractivity contribution in [2.75, 3.05) is 19.0 Å². The molecule has 0 aliphatic carbocycles. The van der Waals surface area contributed by atoms with Crippen LogP contribution in [-0.2, 0) is 9.53 Å². The molecule has 2 rings (SSSR count). The molecule has 0 aromatic carbocycles. The van der Waals surface area contributed by atoms with Gasteiger partial charge in [0.2, 0.25) is 5.91 Å². The number of morpholine rings is 1. The molecule has 3 nitrogen and oxygen atoms in total. The first kappa shape index (κ1) is 10.2. The average Bonchev–Trinajstić information content (AvgIpc) is 2.55. The van der Waals surface area contributed by atoms with Crippen LogP contribution in [-0.4, -0.2) is 42.0 Å². The van der Waals surface area contributed by atoms with Gasteiger partial charge in [0.05, 0.1) is 12.2 Å². The van der Waals surface area contributed by atoms with E-state index in [1.807, 2.05) is 11.8 Å². The van der Waals surface area contributed by atoms with Crippen molar-refractivity contribution in [3.05, 3.63) is 0 Å². The third-order valence-corrected chi connectivity index (χ3v) is 3.47. The van der Waals surface area contributed by atoms with Gasteiger partial charge in [0.15, 0.2) is 0 Å². The van der Waals surface area contributed by atoms with Gasteiger partial charge >= 0.3 is 0 Å². The predicted molar refractivity (Wildman–Crippen MR) is 54.4 cm³/mol. The fourth-order valence-corrected chi connectivity index (χ4v) is 2.30. The maximum absolute atomic E-state index is 11.8. The van der Waals surface area contributed by atoms with Crippen LogP contribution in [0.1, 0.15) is 19.8 Å². The van der Waals surface area contributed by atoms with E-state index in [0.29, 0.717) is 5.88 Å². The van der Waals surface area contributed by atoms with E-state index in [4.69, 9.17) is 16.3 Å². The molecule has 2 aliphatic heterocycles. The first-order chi connectivity index (χ1) is 6.70. The second-order valence-corrected chi connectivity index (χ2v) is 4.56. The molecule has 2 aliphatic rings. The maximum Gasteiger partial charge on any atom is 0.226 e. The minimum absolute atomic E-state index is 0.0610. The maximum atomic E-state index is 11.8. The Balaban J connectivity index is 1.95. The van der Waals surface area contributed by atoms with E-state index in [1.54, 1.807) is 0 Å². The van der Waals surface area contributed by atoms with Crippen LogP contribution in [0.5, 0.6) is 0 Å². The molecule has 0 aromatic rings. The minimum Gasteiger partial charge on any atom is -0.371 e. The lowest BCUT2D eigenvalue weighted by Gasteiger charge is -2.33. The molecule has 2 heterocycles. The molecule has 2 bridgehead atoms. The second-order valence-electron chi connectivity index (χ2n) is 4.26. The number of hydrogen-bond donors (Lipinski definition) is 0. The van der Waals surface area contributed by atoms with Gasteiger partial charge in [0, 0.05) is 24.9 Å². The lowest BCUT2D eigenvalue weighted by atomic mass is 10.1. The van der Waals surface area contributed by atoms with Crippen molar-refractivity contribution in [2.45, 2.75) is 32.0 Å². The number of fused-ring (bicyclic) bond motifs is 2. The summed E-state index contributed by atoms with van der Waals surface area (Å²) in [4.78, 5) is 13.7. The predicted octanol–water partition coefficient (Wildman–Crippen LogP) is 1.25. The Bertz CT molecular complexity index is 222. The minimum atomic E-state index is -0.0610. The van der Waals surface area contributed by atoms with Crippen molar-refractivity contribution in [3.8, 4) is 0 Å². The zero-order valence-electron chi connectivity index (χ0n) is 8.41. The van der Waals surface area contributed by atoms with Gasteiger partial charge in [-0.05, 0) is 12.8 Å². The van der Waals surface area contributed by atoms with Crippen molar-refractivity contribution < 1.29 is 9.53 Å². The van der Waals surface area contributed by atoms with Gasteiger partial charge in [-0.2, -0.15) is 0 Å². The number of hydrogen-bond acceptors (Lipinski definition) is 2. The van der Waals surface area contributed by atoms with Crippen molar-refractivity contribution in [3.63, 3.8) is 0 Å². The zero-order chi connectivity index (χ0) is 10.1. The number of carbonyl (C=O) groups is 1. The van der Waals surface area contributed by atoms with Crippen LogP contribution in [0.4, 0.5) is 0 Å². The highest BCUT2D eigenvalue weighted by molar-refractivity contribution is 6.19. The first-order valence-corrected chi connectivity index (χ1v) is 5.74. The normalized spacial score (nSPS) is 33.1. The molecule has 2 saturated heterocycles. The van der Waals surface area contributed by atoms with Crippen LogP contribution in [0.2, 0.25) is 0 Å². The zero-order valence-corrected chi connectivity index (χ0v) is 9.17. The summed E-state index contributed by atoms with van der Waals surface area (Å²) in [6, 6.07) is 0. The Labute approximate surface area is 89.4 Å². The number of likely N-dealkylation sites (tertiary alicyclic amines) is 1. The molecule has 0 aromatic heterocycles. The van der Waals surface area contributed by atoms with E-state index in [0.717, 1.165) is 25.9 Å². The molecule has 3 unspecified atom stereocenters. The van der Waals surface area contributed by atoms with Crippen LogP contribution in [0, 0.1) is 5.92 Å². The molecular weight excluding hydrogens is 202 g/mol. The molecule has 0 N–H and O–H groups in total. The number of nitrogens with zero attached hydrogens (tertiary/aromatic N) is 1. The highest BCUT2D eigenvalue weighted by Gasteiger charge is 2.36. The third kappa shape index (κ3) is 1.89. The molecule has 0 radical (unpaired) electrons. The van der Waals surface area contributed by atoms with Crippen molar-refractivity contribution in [1.82, 2.24) is 4.90 Å². The average molecular weight is 218 g/mol. The molecule has 3 atom stereocenters. The molecule has 1 amide bonds.